The number of nitrogens with zero attached hydrogens (tertiary/aromatic N) is 5. The average Bonchev–Trinajstić information content (AvgIpc) is 3.62. The summed E-state index contributed by atoms with van der Waals surface area (Å²) in [6, 6.07) is 19.8. The zero-order valence-electron chi connectivity index (χ0n) is 20.2. The van der Waals surface area contributed by atoms with Gasteiger partial charge in [0.2, 0.25) is 5.91 Å². The number of thiophene rings is 1. The van der Waals surface area contributed by atoms with Crippen molar-refractivity contribution in [2.24, 2.45) is 0 Å². The van der Waals surface area contributed by atoms with Crippen molar-refractivity contribution in [2.75, 3.05) is 51.1 Å². The number of rotatable bonds is 8. The van der Waals surface area contributed by atoms with Gasteiger partial charge in [0.05, 0.1) is 30.5 Å². The maximum absolute atomic E-state index is 13.1. The van der Waals surface area contributed by atoms with Crippen LogP contribution in [0.5, 0.6) is 11.5 Å². The molecule has 5 rings (SSSR count). The number of piperazine rings is 1. The van der Waals surface area contributed by atoms with E-state index in [9.17, 15) is 4.79 Å². The van der Waals surface area contributed by atoms with Gasteiger partial charge in [-0.05, 0) is 47.8 Å². The van der Waals surface area contributed by atoms with Gasteiger partial charge in [0.1, 0.15) is 11.5 Å². The smallest absolute Gasteiger partial charge is 0.233 e. The van der Waals surface area contributed by atoms with Crippen molar-refractivity contribution < 1.29 is 14.3 Å². The van der Waals surface area contributed by atoms with E-state index in [1.807, 2.05) is 63.4 Å². The molecule has 0 bridgehead atoms. The van der Waals surface area contributed by atoms with Gasteiger partial charge in [0, 0.05) is 31.9 Å². The van der Waals surface area contributed by atoms with Crippen molar-refractivity contribution in [3.8, 4) is 27.9 Å². The Bertz CT molecular complexity index is 1300. The molecule has 8 nitrogen and oxygen atoms in total. The number of thioether (sulfide) groups is 1. The Hall–Kier alpha value is -3.50. The molecule has 3 heterocycles. The van der Waals surface area contributed by atoms with E-state index >= 15 is 0 Å². The summed E-state index contributed by atoms with van der Waals surface area (Å²) in [5, 5.41) is 11.6. The van der Waals surface area contributed by atoms with E-state index in [1.54, 1.807) is 25.6 Å². The molecule has 1 aliphatic heterocycles. The van der Waals surface area contributed by atoms with Crippen molar-refractivity contribution in [3.63, 3.8) is 0 Å². The van der Waals surface area contributed by atoms with Crippen molar-refractivity contribution in [1.29, 1.82) is 0 Å². The lowest BCUT2D eigenvalue weighted by Gasteiger charge is -2.36. The minimum absolute atomic E-state index is 0.0987. The van der Waals surface area contributed by atoms with Gasteiger partial charge in [-0.3, -0.25) is 9.36 Å². The van der Waals surface area contributed by atoms with E-state index in [0.29, 0.717) is 24.0 Å². The quantitative estimate of drug-likeness (QED) is 0.317. The molecule has 0 radical (unpaired) electrons. The molecule has 4 aromatic rings. The number of anilines is 1. The number of aromatic nitrogens is 3. The van der Waals surface area contributed by atoms with Crippen LogP contribution in [0.3, 0.4) is 0 Å². The third-order valence-electron chi connectivity index (χ3n) is 6.10. The molecule has 10 heteroatoms. The Morgan fingerprint density at radius 1 is 0.944 bits per heavy atom. The van der Waals surface area contributed by atoms with Crippen molar-refractivity contribution in [2.45, 2.75) is 5.16 Å². The number of benzene rings is 2. The Morgan fingerprint density at radius 2 is 1.72 bits per heavy atom. The fourth-order valence-electron chi connectivity index (χ4n) is 4.19. The maximum Gasteiger partial charge on any atom is 0.233 e. The minimum atomic E-state index is 0.0987. The van der Waals surface area contributed by atoms with Crippen LogP contribution in [0, 0.1) is 0 Å². The SMILES string of the molecule is COc1ccc(N2CCN(C(=O)CSc3nnc(-c4cccs4)n3-c3ccccc3OC)CC2)cc1. The predicted molar refractivity (Wildman–Crippen MR) is 144 cm³/mol. The highest BCUT2D eigenvalue weighted by Gasteiger charge is 2.24. The second-order valence-electron chi connectivity index (χ2n) is 8.15. The number of methoxy groups -OCH3 is 2. The Morgan fingerprint density at radius 3 is 2.42 bits per heavy atom. The van der Waals surface area contributed by atoms with Gasteiger partial charge in [-0.25, -0.2) is 0 Å². The van der Waals surface area contributed by atoms with E-state index < -0.39 is 0 Å². The minimum Gasteiger partial charge on any atom is -0.497 e. The molecule has 186 valence electrons. The van der Waals surface area contributed by atoms with Crippen molar-refractivity contribution in [3.05, 3.63) is 66.0 Å². The summed E-state index contributed by atoms with van der Waals surface area (Å²) >= 11 is 3.00. The number of amides is 1. The van der Waals surface area contributed by atoms with Crippen LogP contribution in [0.2, 0.25) is 0 Å². The number of para-hydroxylation sites is 2. The van der Waals surface area contributed by atoms with Crippen LogP contribution in [0.25, 0.3) is 16.4 Å². The van der Waals surface area contributed by atoms with Gasteiger partial charge in [0.15, 0.2) is 11.0 Å². The number of hydrogen-bond donors (Lipinski definition) is 0. The summed E-state index contributed by atoms with van der Waals surface area (Å²) in [7, 11) is 3.31. The monoisotopic (exact) mass is 521 g/mol. The number of hydrogen-bond acceptors (Lipinski definition) is 8. The topological polar surface area (TPSA) is 72.7 Å². The average molecular weight is 522 g/mol. The van der Waals surface area contributed by atoms with Crippen LogP contribution in [0.4, 0.5) is 5.69 Å². The van der Waals surface area contributed by atoms with Crippen LogP contribution < -0.4 is 14.4 Å². The fourth-order valence-corrected chi connectivity index (χ4v) is 5.73. The number of ether oxygens (including phenoxy) is 2. The molecule has 0 atom stereocenters. The lowest BCUT2D eigenvalue weighted by molar-refractivity contribution is -0.128. The zero-order valence-corrected chi connectivity index (χ0v) is 21.8. The normalized spacial score (nSPS) is 13.6. The van der Waals surface area contributed by atoms with Crippen LogP contribution >= 0.6 is 23.1 Å². The molecule has 0 N–H and O–H groups in total. The van der Waals surface area contributed by atoms with Crippen LogP contribution in [-0.2, 0) is 4.79 Å². The first-order valence-electron chi connectivity index (χ1n) is 11.6. The number of carbonyl (C=O) groups is 1. The summed E-state index contributed by atoms with van der Waals surface area (Å²) in [5.41, 5.74) is 1.99. The maximum atomic E-state index is 13.1. The van der Waals surface area contributed by atoms with Gasteiger partial charge >= 0.3 is 0 Å². The lowest BCUT2D eigenvalue weighted by atomic mass is 10.2. The summed E-state index contributed by atoms with van der Waals surface area (Å²) in [6.45, 7) is 2.96. The zero-order chi connectivity index (χ0) is 24.9. The van der Waals surface area contributed by atoms with Gasteiger partial charge in [-0.1, -0.05) is 30.0 Å². The standard InChI is InChI=1S/C26H27N5O3S2/c1-33-20-11-9-19(10-12-20)29-13-15-30(16-14-29)24(32)18-36-26-28-27-25(23-8-5-17-35-23)31(26)21-6-3-4-7-22(21)34-2/h3-12,17H,13-16,18H2,1-2H3. The summed E-state index contributed by atoms with van der Waals surface area (Å²) in [4.78, 5) is 18.3. The Balaban J connectivity index is 1.27. The summed E-state index contributed by atoms with van der Waals surface area (Å²) in [5.74, 6) is 2.69. The van der Waals surface area contributed by atoms with E-state index in [0.717, 1.165) is 46.7 Å². The van der Waals surface area contributed by atoms with Crippen LogP contribution in [0.1, 0.15) is 0 Å². The lowest BCUT2D eigenvalue weighted by Crippen LogP contribution is -2.49. The summed E-state index contributed by atoms with van der Waals surface area (Å²) < 4.78 is 12.8. The third-order valence-corrected chi connectivity index (χ3v) is 7.88. The Kier molecular flexibility index (Phi) is 7.43. The molecule has 1 aliphatic rings. The first-order chi connectivity index (χ1) is 17.7. The molecule has 1 amide bonds. The molecule has 0 aliphatic carbocycles. The highest BCUT2D eigenvalue weighted by molar-refractivity contribution is 7.99. The van der Waals surface area contributed by atoms with E-state index in [-0.39, 0.29) is 5.91 Å². The molecule has 0 spiro atoms. The fraction of sp³-hybridized carbons (Fsp3) is 0.269. The van der Waals surface area contributed by atoms with E-state index in [2.05, 4.69) is 27.2 Å². The van der Waals surface area contributed by atoms with Crippen molar-refractivity contribution >= 4 is 34.7 Å². The van der Waals surface area contributed by atoms with Crippen molar-refractivity contribution in [1.82, 2.24) is 19.7 Å². The van der Waals surface area contributed by atoms with E-state index in [4.69, 9.17) is 9.47 Å². The van der Waals surface area contributed by atoms with Gasteiger partial charge in [-0.2, -0.15) is 0 Å². The predicted octanol–water partition coefficient (Wildman–Crippen LogP) is 4.45. The van der Waals surface area contributed by atoms with Gasteiger partial charge in [-0.15, -0.1) is 21.5 Å². The van der Waals surface area contributed by atoms with E-state index in [1.165, 1.54) is 11.8 Å². The van der Waals surface area contributed by atoms with Crippen LogP contribution in [0.15, 0.2) is 71.2 Å². The molecule has 0 unspecified atom stereocenters. The van der Waals surface area contributed by atoms with Gasteiger partial charge in [0.25, 0.3) is 0 Å². The molecule has 36 heavy (non-hydrogen) atoms. The first kappa shape index (κ1) is 24.2. The highest BCUT2D eigenvalue weighted by Crippen LogP contribution is 2.34. The second-order valence-corrected chi connectivity index (χ2v) is 10.0. The molecular weight excluding hydrogens is 494 g/mol. The molecule has 2 aromatic heterocycles. The highest BCUT2D eigenvalue weighted by atomic mass is 32.2. The first-order valence-corrected chi connectivity index (χ1v) is 13.5. The van der Waals surface area contributed by atoms with Gasteiger partial charge < -0.3 is 19.3 Å². The Labute approximate surface area is 218 Å². The number of carbonyl (C=O) groups excluding carboxylic acids is 1. The van der Waals surface area contributed by atoms with Crippen LogP contribution in [-0.4, -0.2) is 71.7 Å². The molecule has 1 saturated heterocycles. The molecule has 1 fully saturated rings. The third kappa shape index (κ3) is 5.05. The molecular formula is C26H27N5O3S2. The molecule has 2 aromatic carbocycles. The second kappa shape index (κ2) is 11.0. The largest absolute Gasteiger partial charge is 0.497 e. The molecule has 0 saturated carbocycles. The summed E-state index contributed by atoms with van der Waals surface area (Å²) in [6.07, 6.45) is 0.